The molecule has 0 aliphatic carbocycles. The van der Waals surface area contributed by atoms with Crippen molar-refractivity contribution in [1.29, 1.82) is 0 Å². The van der Waals surface area contributed by atoms with Gasteiger partial charge in [-0.3, -0.25) is 0 Å². The molecule has 94 valence electrons. The minimum absolute atomic E-state index is 0.104. The monoisotopic (exact) mass is 273 g/mol. The molecule has 0 aliphatic heterocycles. The van der Waals surface area contributed by atoms with E-state index in [9.17, 15) is 18.0 Å². The van der Waals surface area contributed by atoms with Crippen molar-refractivity contribution in [1.82, 2.24) is 4.98 Å². The van der Waals surface area contributed by atoms with E-state index in [0.717, 1.165) is 0 Å². The maximum atomic E-state index is 13.5. The normalized spacial score (nSPS) is 10.7. The molecule has 0 amide bonds. The van der Waals surface area contributed by atoms with Gasteiger partial charge in [0.2, 0.25) is 0 Å². The first kappa shape index (κ1) is 12.6. The molecule has 0 bridgehead atoms. The number of nitrogens with zero attached hydrogens (tertiary/aromatic N) is 1. The zero-order valence-corrected chi connectivity index (χ0v) is 9.82. The molecule has 3 nitrogen and oxygen atoms in total. The van der Waals surface area contributed by atoms with Gasteiger partial charge in [0.1, 0.15) is 27.3 Å². The van der Waals surface area contributed by atoms with Crippen LogP contribution in [0.5, 0.6) is 0 Å². The Bertz CT molecular complexity index is 616. The lowest BCUT2D eigenvalue weighted by atomic mass is 10.2. The van der Waals surface area contributed by atoms with E-state index in [-0.39, 0.29) is 15.6 Å². The van der Waals surface area contributed by atoms with E-state index < -0.39 is 29.0 Å². The molecular weight excluding hydrogens is 267 g/mol. The lowest BCUT2D eigenvalue weighted by Gasteiger charge is -2.01. The molecule has 2 aromatic rings. The molecule has 2 rings (SSSR count). The van der Waals surface area contributed by atoms with Crippen LogP contribution in [0.2, 0.25) is 0 Å². The summed E-state index contributed by atoms with van der Waals surface area (Å²) < 4.78 is 39.7. The first-order valence-corrected chi connectivity index (χ1v) is 5.57. The average Bonchev–Trinajstić information content (AvgIpc) is 2.58. The van der Waals surface area contributed by atoms with Gasteiger partial charge in [-0.2, -0.15) is 0 Å². The standard InChI is InChI=1S/C11H6F3NO2S/c1-4-9(11(16)17)18-10(15-4)8-6(13)2-5(12)3-7(8)14/h2-3H,1H3,(H,16,17). The fourth-order valence-electron chi connectivity index (χ4n) is 1.45. The van der Waals surface area contributed by atoms with Gasteiger partial charge >= 0.3 is 5.97 Å². The number of carboxylic acid groups (broad SMARTS) is 1. The van der Waals surface area contributed by atoms with E-state index >= 15 is 0 Å². The van der Waals surface area contributed by atoms with Gasteiger partial charge in [-0.1, -0.05) is 0 Å². The van der Waals surface area contributed by atoms with Crippen LogP contribution in [0.15, 0.2) is 12.1 Å². The molecule has 0 saturated carbocycles. The number of hydrogen-bond donors (Lipinski definition) is 1. The number of hydrogen-bond acceptors (Lipinski definition) is 3. The molecule has 0 radical (unpaired) electrons. The molecule has 0 fully saturated rings. The van der Waals surface area contributed by atoms with Crippen molar-refractivity contribution in [3.8, 4) is 10.6 Å². The van der Waals surface area contributed by atoms with Gasteiger partial charge < -0.3 is 5.11 Å². The van der Waals surface area contributed by atoms with E-state index in [1.165, 1.54) is 6.92 Å². The number of carboxylic acids is 1. The Morgan fingerprint density at radius 1 is 1.28 bits per heavy atom. The number of rotatable bonds is 2. The zero-order valence-electron chi connectivity index (χ0n) is 9.00. The highest BCUT2D eigenvalue weighted by atomic mass is 32.1. The van der Waals surface area contributed by atoms with Crippen molar-refractivity contribution in [2.45, 2.75) is 6.92 Å². The van der Waals surface area contributed by atoms with Crippen molar-refractivity contribution in [3.63, 3.8) is 0 Å². The summed E-state index contributed by atoms with van der Waals surface area (Å²) in [5.41, 5.74) is -0.359. The largest absolute Gasteiger partial charge is 0.477 e. The maximum Gasteiger partial charge on any atom is 0.347 e. The Morgan fingerprint density at radius 3 is 2.28 bits per heavy atom. The van der Waals surface area contributed by atoms with Gasteiger partial charge in [0.05, 0.1) is 11.3 Å². The average molecular weight is 273 g/mol. The smallest absolute Gasteiger partial charge is 0.347 e. The fourth-order valence-corrected chi connectivity index (χ4v) is 2.40. The minimum Gasteiger partial charge on any atom is -0.477 e. The van der Waals surface area contributed by atoms with Crippen molar-refractivity contribution < 1.29 is 23.1 Å². The number of carbonyl (C=O) groups is 1. The maximum absolute atomic E-state index is 13.5. The Morgan fingerprint density at radius 2 is 1.83 bits per heavy atom. The summed E-state index contributed by atoms with van der Waals surface area (Å²) in [6.45, 7) is 1.42. The van der Waals surface area contributed by atoms with Gasteiger partial charge in [0.25, 0.3) is 0 Å². The van der Waals surface area contributed by atoms with Crippen molar-refractivity contribution in [3.05, 3.63) is 40.2 Å². The molecule has 0 spiro atoms. The SMILES string of the molecule is Cc1nc(-c2c(F)cc(F)cc2F)sc1C(=O)O. The molecule has 0 unspecified atom stereocenters. The summed E-state index contributed by atoms with van der Waals surface area (Å²) in [6.07, 6.45) is 0. The lowest BCUT2D eigenvalue weighted by Crippen LogP contribution is -1.94. The molecule has 1 aromatic carbocycles. The van der Waals surface area contributed by atoms with Gasteiger partial charge in [-0.15, -0.1) is 11.3 Å². The van der Waals surface area contributed by atoms with Gasteiger partial charge in [-0.05, 0) is 6.92 Å². The first-order valence-electron chi connectivity index (χ1n) is 4.75. The van der Waals surface area contributed by atoms with E-state index in [1.807, 2.05) is 0 Å². The lowest BCUT2D eigenvalue weighted by molar-refractivity contribution is 0.0701. The summed E-state index contributed by atoms with van der Waals surface area (Å²) in [7, 11) is 0. The van der Waals surface area contributed by atoms with E-state index in [2.05, 4.69) is 4.98 Å². The third-order valence-electron chi connectivity index (χ3n) is 2.21. The van der Waals surface area contributed by atoms with Gasteiger partial charge in [0, 0.05) is 12.1 Å². The van der Waals surface area contributed by atoms with Crippen LogP contribution in [0.25, 0.3) is 10.6 Å². The predicted molar refractivity (Wildman–Crippen MR) is 59.1 cm³/mol. The topological polar surface area (TPSA) is 50.2 Å². The van der Waals surface area contributed by atoms with Crippen LogP contribution in [0, 0.1) is 24.4 Å². The van der Waals surface area contributed by atoms with Crippen molar-refractivity contribution in [2.75, 3.05) is 0 Å². The van der Waals surface area contributed by atoms with Crippen LogP contribution in [0.4, 0.5) is 13.2 Å². The van der Waals surface area contributed by atoms with Crippen LogP contribution < -0.4 is 0 Å². The summed E-state index contributed by atoms with van der Waals surface area (Å²) in [4.78, 5) is 14.5. The first-order chi connectivity index (χ1) is 8.40. The Hall–Kier alpha value is -1.89. The fraction of sp³-hybridized carbons (Fsp3) is 0.0909. The molecule has 1 aromatic heterocycles. The molecule has 0 saturated heterocycles. The molecule has 1 N–H and O–H groups in total. The number of thiazole rings is 1. The predicted octanol–water partition coefficient (Wildman–Crippen LogP) is 3.23. The van der Waals surface area contributed by atoms with Crippen molar-refractivity contribution in [2.24, 2.45) is 0 Å². The Labute approximate surface area is 104 Å². The third-order valence-corrected chi connectivity index (χ3v) is 3.37. The highest BCUT2D eigenvalue weighted by Crippen LogP contribution is 2.32. The quantitative estimate of drug-likeness (QED) is 0.913. The number of aromatic carboxylic acids is 1. The van der Waals surface area contributed by atoms with Gasteiger partial charge in [-0.25, -0.2) is 22.9 Å². The third kappa shape index (κ3) is 2.08. The van der Waals surface area contributed by atoms with Gasteiger partial charge in [0.15, 0.2) is 0 Å². The summed E-state index contributed by atoms with van der Waals surface area (Å²) >= 11 is 0.642. The molecule has 7 heteroatoms. The summed E-state index contributed by atoms with van der Waals surface area (Å²) in [5, 5.41) is 8.71. The number of benzene rings is 1. The van der Waals surface area contributed by atoms with E-state index in [0.29, 0.717) is 23.5 Å². The number of aromatic nitrogens is 1. The Kier molecular flexibility index (Phi) is 3.08. The Balaban J connectivity index is 2.63. The molecule has 1 heterocycles. The number of halogens is 3. The summed E-state index contributed by atoms with van der Waals surface area (Å²) in [5.74, 6) is -4.49. The second-order valence-electron chi connectivity index (χ2n) is 3.48. The van der Waals surface area contributed by atoms with Crippen LogP contribution in [-0.4, -0.2) is 16.1 Å². The van der Waals surface area contributed by atoms with Crippen molar-refractivity contribution >= 4 is 17.3 Å². The van der Waals surface area contributed by atoms with Crippen LogP contribution >= 0.6 is 11.3 Å². The highest BCUT2D eigenvalue weighted by molar-refractivity contribution is 7.17. The molecular formula is C11H6F3NO2S. The van der Waals surface area contributed by atoms with Crippen LogP contribution in [-0.2, 0) is 0 Å². The van der Waals surface area contributed by atoms with E-state index in [4.69, 9.17) is 5.11 Å². The van der Waals surface area contributed by atoms with E-state index in [1.54, 1.807) is 0 Å². The molecule has 18 heavy (non-hydrogen) atoms. The number of aryl methyl sites for hydroxylation is 1. The second kappa shape index (κ2) is 4.41. The van der Waals surface area contributed by atoms with Crippen LogP contribution in [0.3, 0.4) is 0 Å². The molecule has 0 atom stereocenters. The summed E-state index contributed by atoms with van der Waals surface area (Å²) in [6, 6.07) is 1.05. The van der Waals surface area contributed by atoms with Crippen LogP contribution in [0.1, 0.15) is 15.4 Å². The highest BCUT2D eigenvalue weighted by Gasteiger charge is 2.20. The second-order valence-corrected chi connectivity index (χ2v) is 4.48. The zero-order chi connectivity index (χ0) is 13.4. The molecule has 0 aliphatic rings. The minimum atomic E-state index is -1.22.